The highest BCUT2D eigenvalue weighted by Gasteiger charge is 2.07. The number of halogens is 1. The van der Waals surface area contributed by atoms with E-state index in [1.54, 1.807) is 0 Å². The number of nitrogens with zero attached hydrogens (tertiary/aromatic N) is 1. The number of nitrogens with one attached hydrogen (secondary N) is 2. The SMILES string of the molecule is O=C(CSc1nc2ccccc2[nH]1)Nc1cccc(I)c1. The molecule has 0 bridgehead atoms. The number of amides is 1. The third kappa shape index (κ3) is 3.76. The number of thioether (sulfide) groups is 1. The molecular formula is C15H12IN3OS. The number of imidazole rings is 1. The van der Waals surface area contributed by atoms with E-state index in [9.17, 15) is 4.79 Å². The average molecular weight is 409 g/mol. The van der Waals surface area contributed by atoms with E-state index >= 15 is 0 Å². The van der Waals surface area contributed by atoms with Crippen LogP contribution in [-0.2, 0) is 4.79 Å². The molecule has 4 nitrogen and oxygen atoms in total. The first-order valence-electron chi connectivity index (χ1n) is 6.34. The van der Waals surface area contributed by atoms with Crippen molar-refractivity contribution in [2.75, 3.05) is 11.1 Å². The number of hydrogen-bond acceptors (Lipinski definition) is 3. The molecule has 0 atom stereocenters. The van der Waals surface area contributed by atoms with Crippen LogP contribution >= 0.6 is 34.4 Å². The average Bonchev–Trinajstić information content (AvgIpc) is 2.88. The molecule has 0 aliphatic heterocycles. The second-order valence-corrected chi connectivity index (χ2v) is 6.62. The summed E-state index contributed by atoms with van der Waals surface area (Å²) in [5.74, 6) is 0.285. The van der Waals surface area contributed by atoms with Gasteiger partial charge in [0, 0.05) is 9.26 Å². The molecule has 21 heavy (non-hydrogen) atoms. The van der Waals surface area contributed by atoms with Crippen LogP contribution in [0.1, 0.15) is 0 Å². The van der Waals surface area contributed by atoms with Crippen LogP contribution in [-0.4, -0.2) is 21.6 Å². The molecular weight excluding hydrogens is 397 g/mol. The maximum Gasteiger partial charge on any atom is 0.234 e. The lowest BCUT2D eigenvalue weighted by Crippen LogP contribution is -2.14. The summed E-state index contributed by atoms with van der Waals surface area (Å²) in [6, 6.07) is 15.5. The summed E-state index contributed by atoms with van der Waals surface area (Å²) in [4.78, 5) is 19.6. The van der Waals surface area contributed by atoms with E-state index < -0.39 is 0 Å². The molecule has 0 aliphatic rings. The van der Waals surface area contributed by atoms with Crippen LogP contribution < -0.4 is 5.32 Å². The van der Waals surface area contributed by atoms with Crippen LogP contribution in [0.4, 0.5) is 5.69 Å². The summed E-state index contributed by atoms with van der Waals surface area (Å²) >= 11 is 3.62. The lowest BCUT2D eigenvalue weighted by atomic mass is 10.3. The summed E-state index contributed by atoms with van der Waals surface area (Å²) in [5.41, 5.74) is 2.72. The van der Waals surface area contributed by atoms with Crippen molar-refractivity contribution in [2.24, 2.45) is 0 Å². The highest BCUT2D eigenvalue weighted by atomic mass is 127. The van der Waals surface area contributed by atoms with E-state index in [0.29, 0.717) is 5.75 Å². The fraction of sp³-hybridized carbons (Fsp3) is 0.0667. The van der Waals surface area contributed by atoms with E-state index in [1.807, 2.05) is 48.5 Å². The summed E-state index contributed by atoms with van der Waals surface area (Å²) in [6.45, 7) is 0. The van der Waals surface area contributed by atoms with Gasteiger partial charge in [-0.1, -0.05) is 30.0 Å². The fourth-order valence-corrected chi connectivity index (χ4v) is 3.12. The van der Waals surface area contributed by atoms with Crippen molar-refractivity contribution in [1.29, 1.82) is 0 Å². The number of para-hydroxylation sites is 2. The van der Waals surface area contributed by atoms with Gasteiger partial charge in [-0.15, -0.1) is 0 Å². The van der Waals surface area contributed by atoms with Gasteiger partial charge < -0.3 is 10.3 Å². The van der Waals surface area contributed by atoms with Gasteiger partial charge in [0.15, 0.2) is 5.16 Å². The van der Waals surface area contributed by atoms with Crippen molar-refractivity contribution >= 4 is 57.0 Å². The lowest BCUT2D eigenvalue weighted by molar-refractivity contribution is -0.113. The van der Waals surface area contributed by atoms with E-state index in [2.05, 4.69) is 37.9 Å². The largest absolute Gasteiger partial charge is 0.333 e. The van der Waals surface area contributed by atoms with E-state index in [0.717, 1.165) is 25.4 Å². The molecule has 2 aromatic carbocycles. The van der Waals surface area contributed by atoms with Crippen molar-refractivity contribution in [3.8, 4) is 0 Å². The minimum Gasteiger partial charge on any atom is -0.333 e. The Morgan fingerprint density at radius 2 is 2.10 bits per heavy atom. The van der Waals surface area contributed by atoms with Gasteiger partial charge in [0.2, 0.25) is 5.91 Å². The number of rotatable bonds is 4. The van der Waals surface area contributed by atoms with Crippen LogP contribution in [0.15, 0.2) is 53.7 Å². The zero-order valence-corrected chi connectivity index (χ0v) is 13.9. The molecule has 0 aliphatic carbocycles. The number of carbonyl (C=O) groups is 1. The molecule has 106 valence electrons. The first-order valence-corrected chi connectivity index (χ1v) is 8.40. The molecule has 0 radical (unpaired) electrons. The summed E-state index contributed by atoms with van der Waals surface area (Å²) < 4.78 is 1.09. The number of benzene rings is 2. The Kier molecular flexibility index (Phi) is 4.45. The zero-order chi connectivity index (χ0) is 14.7. The van der Waals surface area contributed by atoms with E-state index in [4.69, 9.17) is 0 Å². The van der Waals surface area contributed by atoms with Crippen LogP contribution in [0.3, 0.4) is 0 Å². The molecule has 1 aromatic heterocycles. The van der Waals surface area contributed by atoms with Crippen molar-refractivity contribution in [2.45, 2.75) is 5.16 Å². The van der Waals surface area contributed by atoms with Crippen molar-refractivity contribution in [3.05, 3.63) is 52.1 Å². The van der Waals surface area contributed by atoms with E-state index in [1.165, 1.54) is 11.8 Å². The van der Waals surface area contributed by atoms with Crippen LogP contribution in [0.5, 0.6) is 0 Å². The molecule has 2 N–H and O–H groups in total. The number of fused-ring (bicyclic) bond motifs is 1. The maximum atomic E-state index is 11.9. The van der Waals surface area contributed by atoms with Crippen LogP contribution in [0.2, 0.25) is 0 Å². The minimum atomic E-state index is -0.0394. The number of hydrogen-bond donors (Lipinski definition) is 2. The summed E-state index contributed by atoms with van der Waals surface area (Å²) in [7, 11) is 0. The monoisotopic (exact) mass is 409 g/mol. The molecule has 3 rings (SSSR count). The van der Waals surface area contributed by atoms with Gasteiger partial charge in [-0.3, -0.25) is 4.79 Å². The standard InChI is InChI=1S/C15H12IN3OS/c16-10-4-3-5-11(8-10)17-14(20)9-21-15-18-12-6-1-2-7-13(12)19-15/h1-8H,9H2,(H,17,20)(H,18,19). The summed E-state index contributed by atoms with van der Waals surface area (Å²) in [5, 5.41) is 3.64. The first kappa shape index (κ1) is 14.4. The number of H-pyrrole nitrogens is 1. The zero-order valence-electron chi connectivity index (χ0n) is 11.0. The predicted octanol–water partition coefficient (Wildman–Crippen LogP) is 3.90. The van der Waals surface area contributed by atoms with Gasteiger partial charge in [-0.25, -0.2) is 4.98 Å². The Bertz CT molecular complexity index is 754. The van der Waals surface area contributed by atoms with E-state index in [-0.39, 0.29) is 5.91 Å². The molecule has 0 saturated carbocycles. The normalized spacial score (nSPS) is 10.7. The van der Waals surface area contributed by atoms with Gasteiger partial charge in [0.05, 0.1) is 16.8 Å². The second kappa shape index (κ2) is 6.48. The third-order valence-electron chi connectivity index (χ3n) is 2.82. The number of aromatic amines is 1. The molecule has 1 heterocycles. The smallest absolute Gasteiger partial charge is 0.234 e. The van der Waals surface area contributed by atoms with Gasteiger partial charge in [-0.05, 0) is 52.9 Å². The molecule has 0 fully saturated rings. The lowest BCUT2D eigenvalue weighted by Gasteiger charge is -2.04. The molecule has 6 heteroatoms. The molecule has 0 unspecified atom stereocenters. The Labute approximate surface area is 139 Å². The van der Waals surface area contributed by atoms with Crippen molar-refractivity contribution < 1.29 is 4.79 Å². The first-order chi connectivity index (χ1) is 10.2. The van der Waals surface area contributed by atoms with Crippen LogP contribution in [0.25, 0.3) is 11.0 Å². The van der Waals surface area contributed by atoms with Gasteiger partial charge in [0.25, 0.3) is 0 Å². The number of carbonyl (C=O) groups excluding carboxylic acids is 1. The molecule has 1 amide bonds. The Balaban J connectivity index is 1.60. The van der Waals surface area contributed by atoms with Gasteiger partial charge in [-0.2, -0.15) is 0 Å². The predicted molar refractivity (Wildman–Crippen MR) is 94.6 cm³/mol. The number of anilines is 1. The fourth-order valence-electron chi connectivity index (χ4n) is 1.89. The maximum absolute atomic E-state index is 11.9. The quantitative estimate of drug-likeness (QED) is 0.508. The Hall–Kier alpha value is -1.54. The second-order valence-electron chi connectivity index (χ2n) is 4.41. The summed E-state index contributed by atoms with van der Waals surface area (Å²) in [6.07, 6.45) is 0. The Morgan fingerprint density at radius 3 is 2.90 bits per heavy atom. The molecule has 3 aromatic rings. The van der Waals surface area contributed by atoms with Crippen molar-refractivity contribution in [3.63, 3.8) is 0 Å². The molecule has 0 saturated heterocycles. The minimum absolute atomic E-state index is 0.0394. The van der Waals surface area contributed by atoms with Gasteiger partial charge in [0.1, 0.15) is 0 Å². The van der Waals surface area contributed by atoms with Crippen molar-refractivity contribution in [1.82, 2.24) is 9.97 Å². The topological polar surface area (TPSA) is 57.8 Å². The highest BCUT2D eigenvalue weighted by molar-refractivity contribution is 14.1. The van der Waals surface area contributed by atoms with Gasteiger partial charge >= 0.3 is 0 Å². The highest BCUT2D eigenvalue weighted by Crippen LogP contribution is 2.19. The third-order valence-corrected chi connectivity index (χ3v) is 4.36. The van der Waals surface area contributed by atoms with Crippen LogP contribution in [0, 0.1) is 3.57 Å². The Morgan fingerprint density at radius 1 is 1.24 bits per heavy atom. The molecule has 0 spiro atoms. The number of aromatic nitrogens is 2.